The molecule has 9 rings (SSSR count). The first-order valence-electron chi connectivity index (χ1n) is 16.2. The predicted molar refractivity (Wildman–Crippen MR) is 201 cm³/mol. The van der Waals surface area contributed by atoms with Gasteiger partial charge in [-0.1, -0.05) is 122 Å². The van der Waals surface area contributed by atoms with Gasteiger partial charge in [-0.2, -0.15) is 0 Å². The van der Waals surface area contributed by atoms with E-state index in [0.29, 0.717) is 0 Å². The minimum atomic E-state index is 0.763. The van der Waals surface area contributed by atoms with E-state index in [4.69, 9.17) is 0 Å². The number of nitrogens with zero attached hydrogens (tertiary/aromatic N) is 2. The Balaban J connectivity index is 1.27. The molecule has 0 atom stereocenters. The molecule has 2 heteroatoms. The Kier molecular flexibility index (Phi) is 6.39. The summed E-state index contributed by atoms with van der Waals surface area (Å²) in [7, 11) is 0. The van der Waals surface area contributed by atoms with E-state index in [-0.39, 0.29) is 0 Å². The van der Waals surface area contributed by atoms with E-state index >= 15 is 0 Å². The first-order valence-corrected chi connectivity index (χ1v) is 16.2. The van der Waals surface area contributed by atoms with Crippen molar-refractivity contribution in [3.63, 3.8) is 0 Å². The Bertz CT molecular complexity index is 2550. The van der Waals surface area contributed by atoms with Crippen LogP contribution in [0.5, 0.6) is 0 Å². The number of aromatic nitrogens is 1. The number of rotatable bonds is 4. The third-order valence-electron chi connectivity index (χ3n) is 9.50. The van der Waals surface area contributed by atoms with Crippen LogP contribution in [0.25, 0.3) is 60.2 Å². The van der Waals surface area contributed by atoms with Crippen LogP contribution in [0.2, 0.25) is 0 Å². The lowest BCUT2D eigenvalue weighted by atomic mass is 9.92. The molecule has 47 heavy (non-hydrogen) atoms. The largest absolute Gasteiger partial charge is 0.343 e. The molecule has 8 aromatic rings. The van der Waals surface area contributed by atoms with Gasteiger partial charge in [-0.25, -0.2) is 0 Å². The fourth-order valence-electron chi connectivity index (χ4n) is 7.32. The molecule has 0 saturated carbocycles. The van der Waals surface area contributed by atoms with Gasteiger partial charge in [0.25, 0.3) is 0 Å². The molecule has 0 spiro atoms. The highest BCUT2D eigenvalue weighted by Crippen LogP contribution is 2.41. The summed E-state index contributed by atoms with van der Waals surface area (Å²) in [6.45, 7) is 5.44. The number of hydrogen-bond donors (Lipinski definition) is 0. The molecular formula is C45H32N2. The summed E-state index contributed by atoms with van der Waals surface area (Å²) in [5, 5.41) is 7.46. The summed E-state index contributed by atoms with van der Waals surface area (Å²) in [6, 6.07) is 54.6. The number of para-hydroxylation sites is 1. The van der Waals surface area contributed by atoms with Crippen molar-refractivity contribution in [2.75, 3.05) is 4.90 Å². The zero-order chi connectivity index (χ0) is 31.3. The van der Waals surface area contributed by atoms with Crippen LogP contribution in [0.4, 0.5) is 5.69 Å². The summed E-state index contributed by atoms with van der Waals surface area (Å²) in [6.07, 6.45) is 6.75. The highest BCUT2D eigenvalue weighted by atomic mass is 15.1. The first kappa shape index (κ1) is 27.2. The molecule has 0 aliphatic carbocycles. The first-order chi connectivity index (χ1) is 23.2. The third kappa shape index (κ3) is 4.57. The van der Waals surface area contributed by atoms with Crippen LogP contribution >= 0.6 is 0 Å². The summed E-state index contributed by atoms with van der Waals surface area (Å²) in [5.41, 5.74) is 10.5. The van der Waals surface area contributed by atoms with Gasteiger partial charge in [0, 0.05) is 40.5 Å². The standard InChI is InChI=1S/C45H32N2/c1-31-28-36(26-27-46(30-32-12-4-2-5-13-32)42-24-20-33-14-8-10-18-38(33)44(31)42)35-22-23-41-40(29-35)45-39-19-11-9-15-34(39)21-25-43(45)47(41)37-16-6-3-7-17-37/h2-29H,1,30H2/b27-26-,36-28+. The van der Waals surface area contributed by atoms with Crippen molar-refractivity contribution in [2.45, 2.75) is 6.54 Å². The fourth-order valence-corrected chi connectivity index (χ4v) is 7.32. The second kappa shape index (κ2) is 11.0. The van der Waals surface area contributed by atoms with Crippen LogP contribution in [0, 0.1) is 0 Å². The Morgan fingerprint density at radius 1 is 0.553 bits per heavy atom. The second-order valence-electron chi connectivity index (χ2n) is 12.3. The maximum atomic E-state index is 4.68. The molecule has 0 saturated heterocycles. The molecule has 0 unspecified atom stereocenters. The minimum Gasteiger partial charge on any atom is -0.343 e. The number of fused-ring (bicyclic) bond motifs is 8. The predicted octanol–water partition coefficient (Wildman–Crippen LogP) is 11.7. The molecule has 0 fully saturated rings. The average molecular weight is 601 g/mol. The zero-order valence-corrected chi connectivity index (χ0v) is 26.0. The van der Waals surface area contributed by atoms with Gasteiger partial charge in [-0.15, -0.1) is 0 Å². The summed E-state index contributed by atoms with van der Waals surface area (Å²) in [5.74, 6) is 0. The Labute approximate surface area is 274 Å². The minimum absolute atomic E-state index is 0.763. The van der Waals surface area contributed by atoms with Crippen LogP contribution in [-0.4, -0.2) is 4.57 Å². The van der Waals surface area contributed by atoms with Crippen molar-refractivity contribution >= 4 is 60.2 Å². The van der Waals surface area contributed by atoms with Gasteiger partial charge in [0.05, 0.1) is 11.0 Å². The number of anilines is 1. The Hall–Kier alpha value is -6.12. The van der Waals surface area contributed by atoms with E-state index in [1.807, 2.05) is 0 Å². The molecule has 0 N–H and O–H groups in total. The van der Waals surface area contributed by atoms with Crippen LogP contribution in [0.1, 0.15) is 16.7 Å². The van der Waals surface area contributed by atoms with Crippen molar-refractivity contribution < 1.29 is 0 Å². The lowest BCUT2D eigenvalue weighted by molar-refractivity contribution is 0.966. The highest BCUT2D eigenvalue weighted by Gasteiger charge is 2.19. The highest BCUT2D eigenvalue weighted by molar-refractivity contribution is 6.21. The maximum Gasteiger partial charge on any atom is 0.0547 e. The SMILES string of the molecule is C=C1/C=C(c2ccc3c(c2)c2c4ccccc4ccc2n3-c2ccccc2)\C=C/N(Cc2ccccc2)c2ccc3ccccc3c21. The molecule has 1 aliphatic rings. The molecule has 7 aromatic carbocycles. The van der Waals surface area contributed by atoms with E-state index in [1.165, 1.54) is 60.0 Å². The summed E-state index contributed by atoms with van der Waals surface area (Å²) < 4.78 is 2.39. The summed E-state index contributed by atoms with van der Waals surface area (Å²) >= 11 is 0. The molecule has 2 heterocycles. The lowest BCUT2D eigenvalue weighted by Gasteiger charge is -2.27. The number of hydrogen-bond acceptors (Lipinski definition) is 1. The molecule has 0 amide bonds. The average Bonchev–Trinajstić information content (AvgIpc) is 3.46. The molecule has 1 aromatic heterocycles. The van der Waals surface area contributed by atoms with Gasteiger partial charge >= 0.3 is 0 Å². The normalized spacial score (nSPS) is 15.0. The van der Waals surface area contributed by atoms with E-state index in [0.717, 1.165) is 29.1 Å². The maximum absolute atomic E-state index is 4.68. The van der Waals surface area contributed by atoms with Crippen molar-refractivity contribution in [3.8, 4) is 5.69 Å². The molecule has 222 valence electrons. The fraction of sp³-hybridized carbons (Fsp3) is 0.0222. The van der Waals surface area contributed by atoms with Gasteiger partial charge in [-0.3, -0.25) is 0 Å². The van der Waals surface area contributed by atoms with Gasteiger partial charge in [0.15, 0.2) is 0 Å². The number of allylic oxidation sites excluding steroid dienone is 4. The smallest absolute Gasteiger partial charge is 0.0547 e. The van der Waals surface area contributed by atoms with Gasteiger partial charge in [-0.05, 0) is 92.4 Å². The van der Waals surface area contributed by atoms with Crippen molar-refractivity contribution in [1.82, 2.24) is 4.57 Å². The molecule has 1 aliphatic heterocycles. The van der Waals surface area contributed by atoms with Gasteiger partial charge < -0.3 is 9.47 Å². The number of benzene rings is 7. The zero-order valence-electron chi connectivity index (χ0n) is 26.0. The summed E-state index contributed by atoms with van der Waals surface area (Å²) in [4.78, 5) is 2.36. The van der Waals surface area contributed by atoms with Crippen LogP contribution in [0.15, 0.2) is 177 Å². The molecule has 2 nitrogen and oxygen atoms in total. The van der Waals surface area contributed by atoms with Crippen LogP contribution in [0.3, 0.4) is 0 Å². The van der Waals surface area contributed by atoms with E-state index < -0.39 is 0 Å². The van der Waals surface area contributed by atoms with Gasteiger partial charge in [0.2, 0.25) is 0 Å². The second-order valence-corrected chi connectivity index (χ2v) is 12.3. The van der Waals surface area contributed by atoms with Crippen molar-refractivity contribution in [3.05, 3.63) is 193 Å². The van der Waals surface area contributed by atoms with Crippen LogP contribution < -0.4 is 4.90 Å². The lowest BCUT2D eigenvalue weighted by Crippen LogP contribution is -2.18. The van der Waals surface area contributed by atoms with Crippen molar-refractivity contribution in [2.24, 2.45) is 0 Å². The quantitative estimate of drug-likeness (QED) is 0.195. The Morgan fingerprint density at radius 2 is 1.21 bits per heavy atom. The van der Waals surface area contributed by atoms with E-state index in [9.17, 15) is 0 Å². The molecular weight excluding hydrogens is 569 g/mol. The van der Waals surface area contributed by atoms with Crippen molar-refractivity contribution in [1.29, 1.82) is 0 Å². The third-order valence-corrected chi connectivity index (χ3v) is 9.50. The Morgan fingerprint density at radius 3 is 2.02 bits per heavy atom. The molecule has 0 radical (unpaired) electrons. The molecule has 0 bridgehead atoms. The monoisotopic (exact) mass is 600 g/mol. The van der Waals surface area contributed by atoms with E-state index in [1.54, 1.807) is 0 Å². The van der Waals surface area contributed by atoms with Gasteiger partial charge in [0.1, 0.15) is 0 Å². The van der Waals surface area contributed by atoms with E-state index in [2.05, 4.69) is 186 Å². The topological polar surface area (TPSA) is 8.17 Å². The van der Waals surface area contributed by atoms with Crippen LogP contribution in [-0.2, 0) is 6.54 Å².